The number of benzene rings is 2. The first kappa shape index (κ1) is 20.3. The SMILES string of the molecule is COC(C)(C)COc1ccc2c(c1)[C@]1(COC(N)=N1)c1cc(-c3cccnc3)ccc1O2. The number of aliphatic imine (C=N–C) groups is 1. The first-order valence-corrected chi connectivity index (χ1v) is 10.4. The molecule has 0 amide bonds. The molecular weight excluding hydrogens is 406 g/mol. The zero-order valence-electron chi connectivity index (χ0n) is 18.3. The molecule has 7 nitrogen and oxygen atoms in total. The summed E-state index contributed by atoms with van der Waals surface area (Å²) in [6, 6.07) is 15.9. The number of aromatic nitrogens is 1. The van der Waals surface area contributed by atoms with Crippen LogP contribution in [0.25, 0.3) is 11.1 Å². The van der Waals surface area contributed by atoms with E-state index < -0.39 is 11.1 Å². The Morgan fingerprint density at radius 2 is 1.84 bits per heavy atom. The van der Waals surface area contributed by atoms with E-state index >= 15 is 0 Å². The van der Waals surface area contributed by atoms with Gasteiger partial charge in [-0.15, -0.1) is 0 Å². The number of hydrogen-bond acceptors (Lipinski definition) is 7. The Bertz CT molecular complexity index is 1190. The summed E-state index contributed by atoms with van der Waals surface area (Å²) in [5.74, 6) is 2.12. The third-order valence-corrected chi connectivity index (χ3v) is 5.91. The maximum absolute atomic E-state index is 6.25. The molecular formula is C25H25N3O4. The van der Waals surface area contributed by atoms with Crippen LogP contribution in [0, 0.1) is 0 Å². The van der Waals surface area contributed by atoms with Crippen LogP contribution in [0.4, 0.5) is 0 Å². The standard InChI is InChI=1S/C25H25N3O4/c1-24(2,29-3)14-30-18-7-9-22-20(12-18)25(15-31-23(26)28-25)19-11-16(6-8-21(19)32-22)17-5-4-10-27-13-17/h4-13H,14-15H2,1-3H3,(H2,26,28)/t25-/m0/s1. The van der Waals surface area contributed by atoms with Gasteiger partial charge in [0.25, 0.3) is 6.02 Å². The lowest BCUT2D eigenvalue weighted by Crippen LogP contribution is -2.32. The van der Waals surface area contributed by atoms with Crippen molar-refractivity contribution in [2.75, 3.05) is 20.3 Å². The number of rotatable bonds is 5. The number of ether oxygens (including phenoxy) is 4. The molecule has 2 aromatic carbocycles. The molecule has 0 unspecified atom stereocenters. The van der Waals surface area contributed by atoms with E-state index in [2.05, 4.69) is 11.1 Å². The normalized spacial score (nSPS) is 18.9. The van der Waals surface area contributed by atoms with Crippen LogP contribution >= 0.6 is 0 Å². The van der Waals surface area contributed by atoms with Crippen LogP contribution in [0.3, 0.4) is 0 Å². The second-order valence-electron chi connectivity index (χ2n) is 8.56. The predicted octanol–water partition coefficient (Wildman–Crippen LogP) is 4.25. The molecule has 0 bridgehead atoms. The Labute approximate surface area is 186 Å². The highest BCUT2D eigenvalue weighted by Crippen LogP contribution is 2.52. The van der Waals surface area contributed by atoms with Gasteiger partial charge in [0.1, 0.15) is 30.5 Å². The average Bonchev–Trinajstić information content (AvgIpc) is 3.21. The van der Waals surface area contributed by atoms with E-state index in [4.69, 9.17) is 29.7 Å². The van der Waals surface area contributed by atoms with Crippen LogP contribution in [-0.2, 0) is 15.0 Å². The van der Waals surface area contributed by atoms with E-state index in [9.17, 15) is 0 Å². The zero-order valence-corrected chi connectivity index (χ0v) is 18.3. The number of hydrogen-bond donors (Lipinski definition) is 1. The van der Waals surface area contributed by atoms with Crippen molar-refractivity contribution < 1.29 is 18.9 Å². The van der Waals surface area contributed by atoms with Crippen LogP contribution in [0.2, 0.25) is 0 Å². The van der Waals surface area contributed by atoms with E-state index in [0.29, 0.717) is 18.1 Å². The van der Waals surface area contributed by atoms with Gasteiger partial charge in [0.2, 0.25) is 0 Å². The van der Waals surface area contributed by atoms with Gasteiger partial charge in [-0.2, -0.15) is 0 Å². The molecule has 3 aromatic rings. The lowest BCUT2D eigenvalue weighted by molar-refractivity contribution is -0.0147. The van der Waals surface area contributed by atoms with Gasteiger partial charge in [0.05, 0.1) is 5.60 Å². The summed E-state index contributed by atoms with van der Waals surface area (Å²) in [6.07, 6.45) is 3.59. The van der Waals surface area contributed by atoms with E-state index in [1.165, 1.54) is 0 Å². The second kappa shape index (κ2) is 7.53. The Morgan fingerprint density at radius 3 is 2.53 bits per heavy atom. The topological polar surface area (TPSA) is 88.2 Å². The van der Waals surface area contributed by atoms with Gasteiger partial charge < -0.3 is 24.7 Å². The molecule has 1 atom stereocenters. The molecule has 32 heavy (non-hydrogen) atoms. The van der Waals surface area contributed by atoms with Crippen molar-refractivity contribution in [2.24, 2.45) is 10.7 Å². The molecule has 7 heteroatoms. The molecule has 164 valence electrons. The number of pyridine rings is 1. The quantitative estimate of drug-likeness (QED) is 0.650. The summed E-state index contributed by atoms with van der Waals surface area (Å²) in [6.45, 7) is 4.63. The highest BCUT2D eigenvalue weighted by molar-refractivity contribution is 5.78. The van der Waals surface area contributed by atoms with Crippen molar-refractivity contribution in [3.05, 3.63) is 72.1 Å². The molecule has 2 N–H and O–H groups in total. The lowest BCUT2D eigenvalue weighted by Gasteiger charge is -2.34. The van der Waals surface area contributed by atoms with Crippen molar-refractivity contribution in [3.63, 3.8) is 0 Å². The van der Waals surface area contributed by atoms with Crippen molar-refractivity contribution in [1.82, 2.24) is 4.98 Å². The fourth-order valence-corrected chi connectivity index (χ4v) is 3.95. The molecule has 2 aliphatic rings. The second-order valence-corrected chi connectivity index (χ2v) is 8.56. The highest BCUT2D eigenvalue weighted by Gasteiger charge is 2.47. The first-order chi connectivity index (χ1) is 15.4. The fraction of sp³-hybridized carbons (Fsp3) is 0.280. The smallest absolute Gasteiger partial charge is 0.283 e. The van der Waals surface area contributed by atoms with Gasteiger partial charge in [-0.1, -0.05) is 12.1 Å². The Balaban J connectivity index is 1.60. The van der Waals surface area contributed by atoms with Crippen LogP contribution < -0.4 is 15.2 Å². The minimum Gasteiger partial charge on any atom is -0.491 e. The van der Waals surface area contributed by atoms with E-state index in [0.717, 1.165) is 28.0 Å². The molecule has 2 aliphatic heterocycles. The van der Waals surface area contributed by atoms with Gasteiger partial charge in [-0.05, 0) is 55.8 Å². The van der Waals surface area contributed by atoms with Crippen molar-refractivity contribution in [1.29, 1.82) is 0 Å². The summed E-state index contributed by atoms with van der Waals surface area (Å²) in [5.41, 5.74) is 8.53. The van der Waals surface area contributed by atoms with Crippen molar-refractivity contribution in [3.8, 4) is 28.4 Å². The van der Waals surface area contributed by atoms with E-state index in [-0.39, 0.29) is 12.6 Å². The Morgan fingerprint density at radius 1 is 1.06 bits per heavy atom. The van der Waals surface area contributed by atoms with Gasteiger partial charge in [0, 0.05) is 36.2 Å². The van der Waals surface area contributed by atoms with Crippen molar-refractivity contribution >= 4 is 6.02 Å². The largest absolute Gasteiger partial charge is 0.491 e. The van der Waals surface area contributed by atoms with E-state index in [1.54, 1.807) is 13.3 Å². The zero-order chi connectivity index (χ0) is 22.3. The number of nitrogens with two attached hydrogens (primary N) is 1. The summed E-state index contributed by atoms with van der Waals surface area (Å²) in [5, 5.41) is 0. The summed E-state index contributed by atoms with van der Waals surface area (Å²) in [4.78, 5) is 9.00. The number of methoxy groups -OCH3 is 1. The highest BCUT2D eigenvalue weighted by atomic mass is 16.5. The maximum Gasteiger partial charge on any atom is 0.283 e. The van der Waals surface area contributed by atoms with Crippen LogP contribution in [0.5, 0.6) is 17.2 Å². The number of amidine groups is 1. The predicted molar refractivity (Wildman–Crippen MR) is 121 cm³/mol. The molecule has 0 fully saturated rings. The van der Waals surface area contributed by atoms with Crippen LogP contribution in [0.1, 0.15) is 25.0 Å². The monoisotopic (exact) mass is 431 g/mol. The summed E-state index contributed by atoms with van der Waals surface area (Å²) < 4.78 is 23.4. The van der Waals surface area contributed by atoms with Gasteiger partial charge in [-0.3, -0.25) is 4.98 Å². The lowest BCUT2D eigenvalue weighted by atomic mass is 9.80. The number of nitrogens with zero attached hydrogens (tertiary/aromatic N) is 2. The average molecular weight is 431 g/mol. The van der Waals surface area contributed by atoms with E-state index in [1.807, 2.05) is 62.5 Å². The summed E-state index contributed by atoms with van der Waals surface area (Å²) in [7, 11) is 1.67. The minimum atomic E-state index is -0.818. The molecule has 1 aromatic heterocycles. The summed E-state index contributed by atoms with van der Waals surface area (Å²) >= 11 is 0. The van der Waals surface area contributed by atoms with Crippen molar-refractivity contribution in [2.45, 2.75) is 25.0 Å². The van der Waals surface area contributed by atoms with Gasteiger partial charge in [0.15, 0.2) is 5.54 Å². The molecule has 0 radical (unpaired) electrons. The van der Waals surface area contributed by atoms with Gasteiger partial charge >= 0.3 is 0 Å². The van der Waals surface area contributed by atoms with Gasteiger partial charge in [-0.25, -0.2) is 4.99 Å². The molecule has 0 saturated heterocycles. The first-order valence-electron chi connectivity index (χ1n) is 10.4. The molecule has 0 aliphatic carbocycles. The fourth-order valence-electron chi connectivity index (χ4n) is 3.95. The Kier molecular flexibility index (Phi) is 4.78. The molecule has 5 rings (SSSR count). The van der Waals surface area contributed by atoms with Crippen LogP contribution in [-0.4, -0.2) is 36.9 Å². The Hall–Kier alpha value is -3.58. The molecule has 0 saturated carbocycles. The minimum absolute atomic E-state index is 0.155. The molecule has 1 spiro atoms. The van der Waals surface area contributed by atoms with Crippen LogP contribution in [0.15, 0.2) is 65.9 Å². The third-order valence-electron chi connectivity index (χ3n) is 5.91. The number of fused-ring (bicyclic) bond motifs is 4. The third kappa shape index (κ3) is 3.44. The molecule has 3 heterocycles. The maximum atomic E-state index is 6.25.